The van der Waals surface area contributed by atoms with E-state index in [0.717, 1.165) is 0 Å². The van der Waals surface area contributed by atoms with Crippen molar-refractivity contribution in [3.8, 4) is 18.2 Å². The van der Waals surface area contributed by atoms with Crippen molar-refractivity contribution >= 4 is 16.8 Å². The average molecular weight is 249 g/mol. The number of nitrogens with one attached hydrogen (secondary N) is 1. The molecule has 6 nitrogen and oxygen atoms in total. The molecule has 0 aliphatic carbocycles. The van der Waals surface area contributed by atoms with Crippen LogP contribution in [0.1, 0.15) is 5.89 Å². The lowest BCUT2D eigenvalue weighted by Gasteiger charge is -2.04. The maximum atomic E-state index is 8.98. The molecule has 90 valence electrons. The van der Waals surface area contributed by atoms with Gasteiger partial charge in [-0.05, 0) is 12.1 Å². The van der Waals surface area contributed by atoms with Gasteiger partial charge >= 0.3 is 0 Å². The number of allylic oxidation sites excluding steroid dienone is 2. The molecule has 0 unspecified atom stereocenters. The lowest BCUT2D eigenvalue weighted by atomic mass is 10.2. The smallest absolute Gasteiger partial charge is 0.192 e. The van der Waals surface area contributed by atoms with E-state index < -0.39 is 0 Å². The summed E-state index contributed by atoms with van der Waals surface area (Å²) in [7, 11) is 0. The number of aryl methyl sites for hydroxylation is 1. The third kappa shape index (κ3) is 2.22. The fraction of sp³-hybridized carbons (Fsp3) is 0.0769. The SMILES string of the molecule is Cc1nc2c(NC(C#N)=C(C#N)C#N)cccc2o1. The molecule has 1 aromatic heterocycles. The van der Waals surface area contributed by atoms with Crippen LogP contribution in [0.5, 0.6) is 0 Å². The Morgan fingerprint density at radius 1 is 1.21 bits per heavy atom. The second-order valence-corrected chi connectivity index (χ2v) is 3.60. The molecule has 0 radical (unpaired) electrons. The number of anilines is 1. The van der Waals surface area contributed by atoms with Crippen molar-refractivity contribution in [2.75, 3.05) is 5.32 Å². The van der Waals surface area contributed by atoms with Gasteiger partial charge in [0, 0.05) is 6.92 Å². The molecule has 2 rings (SSSR count). The monoisotopic (exact) mass is 249 g/mol. The summed E-state index contributed by atoms with van der Waals surface area (Å²) in [4.78, 5) is 4.18. The number of hydrogen-bond acceptors (Lipinski definition) is 6. The summed E-state index contributed by atoms with van der Waals surface area (Å²) in [6, 6.07) is 10.3. The van der Waals surface area contributed by atoms with Crippen LogP contribution in [0.15, 0.2) is 33.9 Å². The lowest BCUT2D eigenvalue weighted by Crippen LogP contribution is -2.01. The zero-order chi connectivity index (χ0) is 13.8. The molecular formula is C13H7N5O. The molecule has 0 atom stereocenters. The number of nitriles is 3. The first-order chi connectivity index (χ1) is 9.19. The molecule has 1 aromatic carbocycles. The maximum Gasteiger partial charge on any atom is 0.192 e. The molecule has 6 heteroatoms. The minimum Gasteiger partial charge on any atom is -0.441 e. The van der Waals surface area contributed by atoms with Gasteiger partial charge in [-0.2, -0.15) is 15.8 Å². The minimum atomic E-state index is -0.278. The van der Waals surface area contributed by atoms with Crippen LogP contribution in [0.2, 0.25) is 0 Å². The lowest BCUT2D eigenvalue weighted by molar-refractivity contribution is 0.561. The highest BCUT2D eigenvalue weighted by atomic mass is 16.3. The fourth-order valence-corrected chi connectivity index (χ4v) is 1.58. The second kappa shape index (κ2) is 4.91. The van der Waals surface area contributed by atoms with Crippen molar-refractivity contribution in [3.05, 3.63) is 35.4 Å². The molecule has 0 aliphatic rings. The van der Waals surface area contributed by atoms with Crippen molar-refractivity contribution < 1.29 is 4.42 Å². The quantitative estimate of drug-likeness (QED) is 0.818. The van der Waals surface area contributed by atoms with Crippen molar-refractivity contribution in [2.24, 2.45) is 0 Å². The van der Waals surface area contributed by atoms with E-state index in [1.54, 1.807) is 43.3 Å². The van der Waals surface area contributed by atoms with E-state index in [1.165, 1.54) is 0 Å². The molecule has 0 bridgehead atoms. The minimum absolute atomic E-state index is 0.113. The number of hydrogen-bond donors (Lipinski definition) is 1. The van der Waals surface area contributed by atoms with E-state index in [9.17, 15) is 0 Å². The zero-order valence-corrected chi connectivity index (χ0v) is 9.93. The van der Waals surface area contributed by atoms with Gasteiger partial charge in [-0.1, -0.05) is 6.07 Å². The van der Waals surface area contributed by atoms with Gasteiger partial charge < -0.3 is 9.73 Å². The van der Waals surface area contributed by atoms with Gasteiger partial charge in [0.15, 0.2) is 17.0 Å². The Hall–Kier alpha value is -3.30. The number of para-hydroxylation sites is 1. The molecule has 1 N–H and O–H groups in total. The first kappa shape index (κ1) is 12.2. The Labute approximate surface area is 108 Å². The molecule has 0 saturated carbocycles. The van der Waals surface area contributed by atoms with Gasteiger partial charge in [0.05, 0.1) is 5.69 Å². The molecule has 2 aromatic rings. The Kier molecular flexibility index (Phi) is 3.14. The van der Waals surface area contributed by atoms with Gasteiger partial charge in [0.2, 0.25) is 0 Å². The highest BCUT2D eigenvalue weighted by Crippen LogP contribution is 2.24. The Morgan fingerprint density at radius 3 is 2.58 bits per heavy atom. The summed E-state index contributed by atoms with van der Waals surface area (Å²) in [6.45, 7) is 1.71. The molecule has 0 saturated heterocycles. The van der Waals surface area contributed by atoms with E-state index >= 15 is 0 Å². The van der Waals surface area contributed by atoms with Crippen LogP contribution in [-0.2, 0) is 0 Å². The summed E-state index contributed by atoms with van der Waals surface area (Å²) >= 11 is 0. The van der Waals surface area contributed by atoms with Gasteiger partial charge in [-0.3, -0.25) is 0 Å². The van der Waals surface area contributed by atoms with Crippen LogP contribution in [0, 0.1) is 40.9 Å². The normalized spacial score (nSPS) is 9.16. The topological polar surface area (TPSA) is 109 Å². The van der Waals surface area contributed by atoms with Gasteiger partial charge in [-0.25, -0.2) is 4.98 Å². The van der Waals surface area contributed by atoms with Gasteiger partial charge in [-0.15, -0.1) is 0 Å². The number of aromatic nitrogens is 1. The standard InChI is InChI=1S/C13H7N5O/c1-8-17-13-10(3-2-4-12(13)19-8)18-11(7-16)9(5-14)6-15/h2-4,18H,1H3. The first-order valence-electron chi connectivity index (χ1n) is 5.27. The highest BCUT2D eigenvalue weighted by molar-refractivity contribution is 5.88. The molecule has 1 heterocycles. The largest absolute Gasteiger partial charge is 0.441 e. The molecule has 0 aliphatic heterocycles. The van der Waals surface area contributed by atoms with Crippen LogP contribution < -0.4 is 5.32 Å². The van der Waals surface area contributed by atoms with Crippen molar-refractivity contribution in [1.29, 1.82) is 15.8 Å². The maximum absolute atomic E-state index is 8.98. The summed E-state index contributed by atoms with van der Waals surface area (Å²) in [5.74, 6) is 0.493. The number of benzene rings is 1. The highest BCUT2D eigenvalue weighted by Gasteiger charge is 2.11. The van der Waals surface area contributed by atoms with Crippen LogP contribution in [0.3, 0.4) is 0 Å². The third-order valence-electron chi connectivity index (χ3n) is 2.37. The van der Waals surface area contributed by atoms with Crippen molar-refractivity contribution in [3.63, 3.8) is 0 Å². The summed E-state index contributed by atoms with van der Waals surface area (Å²) in [5.41, 5.74) is 1.23. The molecule has 19 heavy (non-hydrogen) atoms. The summed E-state index contributed by atoms with van der Waals surface area (Å²) in [6.07, 6.45) is 0. The number of fused-ring (bicyclic) bond motifs is 1. The zero-order valence-electron chi connectivity index (χ0n) is 9.93. The van der Waals surface area contributed by atoms with Crippen LogP contribution in [0.25, 0.3) is 11.1 Å². The average Bonchev–Trinajstić information content (AvgIpc) is 2.80. The number of oxazole rings is 1. The summed E-state index contributed by atoms with van der Waals surface area (Å²) < 4.78 is 5.36. The number of rotatable bonds is 2. The van der Waals surface area contributed by atoms with E-state index in [4.69, 9.17) is 20.2 Å². The van der Waals surface area contributed by atoms with Crippen LogP contribution in [0.4, 0.5) is 5.69 Å². The van der Waals surface area contributed by atoms with E-state index in [2.05, 4.69) is 10.3 Å². The number of nitrogens with zero attached hydrogens (tertiary/aromatic N) is 4. The van der Waals surface area contributed by atoms with Crippen molar-refractivity contribution in [2.45, 2.75) is 6.92 Å². The van der Waals surface area contributed by atoms with Crippen LogP contribution >= 0.6 is 0 Å². The molecule has 0 amide bonds. The Bertz CT molecular complexity index is 779. The van der Waals surface area contributed by atoms with Gasteiger partial charge in [0.25, 0.3) is 0 Å². The summed E-state index contributed by atoms with van der Waals surface area (Å²) in [5, 5.41) is 29.3. The predicted octanol–water partition coefficient (Wildman–Crippen LogP) is 2.37. The predicted molar refractivity (Wildman–Crippen MR) is 66.2 cm³/mol. The molecule has 0 fully saturated rings. The fourth-order valence-electron chi connectivity index (χ4n) is 1.58. The van der Waals surface area contributed by atoms with Crippen LogP contribution in [-0.4, -0.2) is 4.98 Å². The van der Waals surface area contributed by atoms with E-state index in [-0.39, 0.29) is 11.3 Å². The molecular weight excluding hydrogens is 242 g/mol. The van der Waals surface area contributed by atoms with Gasteiger partial charge in [0.1, 0.15) is 29.4 Å². The third-order valence-corrected chi connectivity index (χ3v) is 2.37. The second-order valence-electron chi connectivity index (χ2n) is 3.60. The van der Waals surface area contributed by atoms with Crippen molar-refractivity contribution in [1.82, 2.24) is 4.98 Å². The molecule has 0 spiro atoms. The van der Waals surface area contributed by atoms with E-state index in [0.29, 0.717) is 22.7 Å². The Morgan fingerprint density at radius 2 is 1.95 bits per heavy atom. The first-order valence-corrected chi connectivity index (χ1v) is 5.27. The Balaban J connectivity index is 2.54. The van der Waals surface area contributed by atoms with E-state index in [1.807, 2.05) is 0 Å².